The molecule has 104 valence electrons. The average molecular weight is 264 g/mol. The lowest BCUT2D eigenvalue weighted by atomic mass is 9.85. The van der Waals surface area contributed by atoms with Gasteiger partial charge in [-0.1, -0.05) is 12.8 Å². The first kappa shape index (κ1) is 13.7. The number of hydrogen-bond acceptors (Lipinski definition) is 4. The molecule has 2 rings (SSSR count). The molecule has 1 aromatic carbocycles. The van der Waals surface area contributed by atoms with Crippen LogP contribution in [0.1, 0.15) is 36.0 Å². The van der Waals surface area contributed by atoms with Crippen molar-refractivity contribution in [2.75, 3.05) is 12.3 Å². The van der Waals surface area contributed by atoms with Crippen LogP contribution in [0.5, 0.6) is 5.75 Å². The van der Waals surface area contributed by atoms with E-state index < -0.39 is 0 Å². The Balaban J connectivity index is 2.09. The third kappa shape index (κ3) is 3.17. The maximum absolute atomic E-state index is 12.2. The number of phenols is 1. The summed E-state index contributed by atoms with van der Waals surface area (Å²) in [6.45, 7) is 0.0838. The number of rotatable bonds is 3. The van der Waals surface area contributed by atoms with Crippen molar-refractivity contribution in [2.24, 2.45) is 5.92 Å². The first-order valence-corrected chi connectivity index (χ1v) is 6.62. The number of benzene rings is 1. The molecule has 0 spiro atoms. The lowest BCUT2D eigenvalue weighted by Gasteiger charge is -2.31. The number of aliphatic hydroxyl groups is 1. The molecule has 5 heteroatoms. The van der Waals surface area contributed by atoms with Gasteiger partial charge in [-0.2, -0.15) is 0 Å². The molecule has 0 heterocycles. The molecule has 19 heavy (non-hydrogen) atoms. The molecule has 0 saturated heterocycles. The van der Waals surface area contributed by atoms with Crippen LogP contribution in [0, 0.1) is 5.92 Å². The predicted octanol–water partition coefficient (Wildman–Crippen LogP) is 1.26. The number of anilines is 1. The summed E-state index contributed by atoms with van der Waals surface area (Å²) in [7, 11) is 0. The van der Waals surface area contributed by atoms with Gasteiger partial charge in [0.05, 0.1) is 5.56 Å². The Morgan fingerprint density at radius 1 is 1.37 bits per heavy atom. The molecule has 1 aliphatic rings. The number of aromatic hydroxyl groups is 1. The average Bonchev–Trinajstić information content (AvgIpc) is 2.42. The molecule has 2 atom stereocenters. The molecule has 0 bridgehead atoms. The SMILES string of the molecule is Nc1ccc(O)cc1C(=O)NC1CCCCC1CO. The third-order valence-electron chi connectivity index (χ3n) is 3.74. The lowest BCUT2D eigenvalue weighted by molar-refractivity contribution is 0.0873. The molecule has 1 aromatic rings. The summed E-state index contributed by atoms with van der Waals surface area (Å²) in [6, 6.07) is 4.30. The Labute approximate surface area is 112 Å². The fourth-order valence-corrected chi connectivity index (χ4v) is 2.60. The molecule has 0 aromatic heterocycles. The van der Waals surface area contributed by atoms with Crippen molar-refractivity contribution in [1.82, 2.24) is 5.32 Å². The van der Waals surface area contributed by atoms with E-state index in [9.17, 15) is 15.0 Å². The van der Waals surface area contributed by atoms with Gasteiger partial charge in [0.1, 0.15) is 5.75 Å². The second-order valence-corrected chi connectivity index (χ2v) is 5.08. The van der Waals surface area contributed by atoms with Crippen molar-refractivity contribution >= 4 is 11.6 Å². The van der Waals surface area contributed by atoms with Crippen LogP contribution in [0.4, 0.5) is 5.69 Å². The zero-order chi connectivity index (χ0) is 13.8. The number of hydrogen-bond donors (Lipinski definition) is 4. The lowest BCUT2D eigenvalue weighted by Crippen LogP contribution is -2.43. The highest BCUT2D eigenvalue weighted by atomic mass is 16.3. The van der Waals surface area contributed by atoms with Gasteiger partial charge in [0, 0.05) is 24.3 Å². The van der Waals surface area contributed by atoms with E-state index in [0.29, 0.717) is 5.69 Å². The van der Waals surface area contributed by atoms with E-state index in [1.54, 1.807) is 0 Å². The van der Waals surface area contributed by atoms with Crippen LogP contribution in [0.15, 0.2) is 18.2 Å². The number of phenolic OH excluding ortho intramolecular Hbond substituents is 1. The molecule has 1 amide bonds. The molecule has 5 nitrogen and oxygen atoms in total. The minimum absolute atomic E-state index is 0.0155. The number of carbonyl (C=O) groups excluding carboxylic acids is 1. The second kappa shape index (κ2) is 5.93. The van der Waals surface area contributed by atoms with Gasteiger partial charge in [-0.15, -0.1) is 0 Å². The Bertz CT molecular complexity index is 462. The topological polar surface area (TPSA) is 95.6 Å². The van der Waals surface area contributed by atoms with Gasteiger partial charge in [-0.3, -0.25) is 4.79 Å². The summed E-state index contributed by atoms with van der Waals surface area (Å²) < 4.78 is 0. The van der Waals surface area contributed by atoms with Crippen LogP contribution < -0.4 is 11.1 Å². The molecular weight excluding hydrogens is 244 g/mol. The first-order valence-electron chi connectivity index (χ1n) is 6.62. The van der Waals surface area contributed by atoms with Gasteiger partial charge in [-0.05, 0) is 31.0 Å². The quantitative estimate of drug-likeness (QED) is 0.488. The van der Waals surface area contributed by atoms with Crippen LogP contribution in [0.25, 0.3) is 0 Å². The van der Waals surface area contributed by atoms with E-state index in [2.05, 4.69) is 5.32 Å². The van der Waals surface area contributed by atoms with Gasteiger partial charge >= 0.3 is 0 Å². The molecule has 0 radical (unpaired) electrons. The summed E-state index contributed by atoms with van der Waals surface area (Å²) >= 11 is 0. The van der Waals surface area contributed by atoms with Gasteiger partial charge in [0.25, 0.3) is 5.91 Å². The molecule has 2 unspecified atom stereocenters. The summed E-state index contributed by atoms with van der Waals surface area (Å²) in [4.78, 5) is 12.2. The third-order valence-corrected chi connectivity index (χ3v) is 3.74. The van der Waals surface area contributed by atoms with E-state index in [1.165, 1.54) is 18.2 Å². The van der Waals surface area contributed by atoms with E-state index in [0.717, 1.165) is 25.7 Å². The summed E-state index contributed by atoms with van der Waals surface area (Å²) in [6.07, 6.45) is 3.94. The van der Waals surface area contributed by atoms with Gasteiger partial charge in [0.15, 0.2) is 0 Å². The van der Waals surface area contributed by atoms with Crippen molar-refractivity contribution in [1.29, 1.82) is 0 Å². The van der Waals surface area contributed by atoms with Gasteiger partial charge in [0.2, 0.25) is 0 Å². The van der Waals surface area contributed by atoms with E-state index in [4.69, 9.17) is 5.73 Å². The molecule has 0 aliphatic heterocycles. The van der Waals surface area contributed by atoms with Crippen molar-refractivity contribution in [3.8, 4) is 5.75 Å². The van der Waals surface area contributed by atoms with E-state index in [1.807, 2.05) is 0 Å². The van der Waals surface area contributed by atoms with Crippen LogP contribution in [-0.4, -0.2) is 28.8 Å². The predicted molar refractivity (Wildman–Crippen MR) is 72.8 cm³/mol. The fraction of sp³-hybridized carbons (Fsp3) is 0.500. The largest absolute Gasteiger partial charge is 0.508 e. The number of carbonyl (C=O) groups is 1. The molecule has 1 fully saturated rings. The van der Waals surface area contributed by atoms with Crippen LogP contribution >= 0.6 is 0 Å². The maximum Gasteiger partial charge on any atom is 0.253 e. The monoisotopic (exact) mass is 264 g/mol. The highest BCUT2D eigenvalue weighted by Crippen LogP contribution is 2.25. The van der Waals surface area contributed by atoms with Gasteiger partial charge in [-0.25, -0.2) is 0 Å². The number of nitrogens with two attached hydrogens (primary N) is 1. The number of aliphatic hydroxyl groups excluding tert-OH is 1. The Kier molecular flexibility index (Phi) is 4.27. The molecule has 1 saturated carbocycles. The normalized spacial score (nSPS) is 23.0. The van der Waals surface area contributed by atoms with E-state index in [-0.39, 0.29) is 35.8 Å². The summed E-state index contributed by atoms with van der Waals surface area (Å²) in [5.41, 5.74) is 6.36. The van der Waals surface area contributed by atoms with Crippen LogP contribution in [0.3, 0.4) is 0 Å². The summed E-state index contributed by atoms with van der Waals surface area (Å²) in [5, 5.41) is 21.7. The second-order valence-electron chi connectivity index (χ2n) is 5.08. The molecule has 5 N–H and O–H groups in total. The minimum atomic E-state index is -0.293. The van der Waals surface area contributed by atoms with Crippen molar-refractivity contribution < 1.29 is 15.0 Å². The van der Waals surface area contributed by atoms with Gasteiger partial charge < -0.3 is 21.3 Å². The highest BCUT2D eigenvalue weighted by Gasteiger charge is 2.26. The van der Waals surface area contributed by atoms with Crippen molar-refractivity contribution in [3.05, 3.63) is 23.8 Å². The Morgan fingerprint density at radius 3 is 2.84 bits per heavy atom. The number of amides is 1. The highest BCUT2D eigenvalue weighted by molar-refractivity contribution is 5.99. The summed E-state index contributed by atoms with van der Waals surface area (Å²) in [5.74, 6) is -0.170. The van der Waals surface area contributed by atoms with Crippen LogP contribution in [-0.2, 0) is 0 Å². The van der Waals surface area contributed by atoms with E-state index >= 15 is 0 Å². The molecule has 1 aliphatic carbocycles. The van der Waals surface area contributed by atoms with Crippen molar-refractivity contribution in [3.63, 3.8) is 0 Å². The van der Waals surface area contributed by atoms with Crippen molar-refractivity contribution in [2.45, 2.75) is 31.7 Å². The fourth-order valence-electron chi connectivity index (χ4n) is 2.60. The Morgan fingerprint density at radius 2 is 2.11 bits per heavy atom. The number of nitrogen functional groups attached to an aromatic ring is 1. The number of nitrogens with one attached hydrogen (secondary N) is 1. The smallest absolute Gasteiger partial charge is 0.253 e. The first-order chi connectivity index (χ1) is 9.11. The standard InChI is InChI=1S/C14H20N2O3/c15-12-6-5-10(18)7-11(12)14(19)16-13-4-2-1-3-9(13)8-17/h5-7,9,13,17-18H,1-4,8,15H2,(H,16,19). The zero-order valence-corrected chi connectivity index (χ0v) is 10.8. The Hall–Kier alpha value is -1.75. The zero-order valence-electron chi connectivity index (χ0n) is 10.8. The maximum atomic E-state index is 12.2. The minimum Gasteiger partial charge on any atom is -0.508 e. The molecular formula is C14H20N2O3. The van der Waals surface area contributed by atoms with Crippen LogP contribution in [0.2, 0.25) is 0 Å².